The van der Waals surface area contributed by atoms with Crippen LogP contribution >= 0.6 is 0 Å². The van der Waals surface area contributed by atoms with Crippen LogP contribution in [0.2, 0.25) is 0 Å². The van der Waals surface area contributed by atoms with Crippen molar-refractivity contribution in [1.29, 1.82) is 0 Å². The van der Waals surface area contributed by atoms with Crippen molar-refractivity contribution < 1.29 is 18.0 Å². The zero-order chi connectivity index (χ0) is 18.1. The second-order valence-electron chi connectivity index (χ2n) is 6.32. The minimum Gasteiger partial charge on any atom is -0.360 e. The van der Waals surface area contributed by atoms with E-state index in [2.05, 4.69) is 11.4 Å². The van der Waals surface area contributed by atoms with E-state index in [4.69, 9.17) is 0 Å². The zero-order valence-electron chi connectivity index (χ0n) is 14.1. The van der Waals surface area contributed by atoms with Crippen molar-refractivity contribution in [1.82, 2.24) is 0 Å². The highest BCUT2D eigenvalue weighted by Gasteiger charge is 2.27. The number of carbonyl (C=O) groups excluding carboxylic acids is 1. The first-order valence-corrected chi connectivity index (χ1v) is 8.19. The van der Waals surface area contributed by atoms with E-state index in [0.29, 0.717) is 6.54 Å². The Morgan fingerprint density at radius 1 is 1.16 bits per heavy atom. The molecule has 0 saturated carbocycles. The Morgan fingerprint density at radius 3 is 2.68 bits per heavy atom. The molecule has 0 spiro atoms. The topological polar surface area (TPSA) is 32.3 Å². The molecule has 1 N–H and O–H groups in total. The molecule has 3 rings (SSSR count). The normalized spacial score (nSPS) is 14.8. The van der Waals surface area contributed by atoms with Crippen LogP contribution in [0.4, 0.5) is 24.5 Å². The van der Waals surface area contributed by atoms with E-state index in [0.717, 1.165) is 36.2 Å². The first-order chi connectivity index (χ1) is 11.9. The van der Waals surface area contributed by atoms with Gasteiger partial charge in [0, 0.05) is 12.2 Å². The molecule has 1 atom stereocenters. The van der Waals surface area contributed by atoms with Crippen molar-refractivity contribution in [3.63, 3.8) is 0 Å². The second-order valence-corrected chi connectivity index (χ2v) is 6.32. The van der Waals surface area contributed by atoms with Crippen LogP contribution in [0, 0.1) is 24.4 Å². The van der Waals surface area contributed by atoms with Crippen LogP contribution in [-0.4, -0.2) is 18.5 Å². The summed E-state index contributed by atoms with van der Waals surface area (Å²) in [5.41, 5.74) is 2.94. The van der Waals surface area contributed by atoms with Crippen molar-refractivity contribution in [2.45, 2.75) is 32.7 Å². The van der Waals surface area contributed by atoms with Crippen LogP contribution in [0.1, 0.15) is 24.5 Å². The molecule has 6 heteroatoms. The number of amides is 1. The molecule has 1 heterocycles. The first-order valence-electron chi connectivity index (χ1n) is 8.19. The molecule has 0 radical (unpaired) electrons. The standard InChI is InChI=1S/C19H19F3N2O/c1-11-5-8-16-13(10-11)4-3-9-24(16)12(2)19(25)23-15-7-6-14(20)17(21)18(15)22/h5-8,10,12H,3-4,9H2,1-2H3,(H,23,25)/t12-/m1/s1. The van der Waals surface area contributed by atoms with Gasteiger partial charge in [-0.25, -0.2) is 13.2 Å². The number of anilines is 2. The Morgan fingerprint density at radius 2 is 1.92 bits per heavy atom. The number of aryl methyl sites for hydroxylation is 2. The summed E-state index contributed by atoms with van der Waals surface area (Å²) in [6.07, 6.45) is 1.85. The van der Waals surface area contributed by atoms with E-state index in [1.165, 1.54) is 5.56 Å². The molecule has 1 aliphatic rings. The Hall–Kier alpha value is -2.50. The molecule has 0 fully saturated rings. The van der Waals surface area contributed by atoms with Crippen molar-refractivity contribution in [3.8, 4) is 0 Å². The fourth-order valence-electron chi connectivity index (χ4n) is 3.16. The first kappa shape index (κ1) is 17.3. The fourth-order valence-corrected chi connectivity index (χ4v) is 3.16. The molecule has 1 amide bonds. The summed E-state index contributed by atoms with van der Waals surface area (Å²) in [5, 5.41) is 2.36. The van der Waals surface area contributed by atoms with Gasteiger partial charge in [0.2, 0.25) is 5.91 Å². The number of hydrogen-bond donors (Lipinski definition) is 1. The number of fused-ring (bicyclic) bond motifs is 1. The monoisotopic (exact) mass is 348 g/mol. The average molecular weight is 348 g/mol. The highest BCUT2D eigenvalue weighted by molar-refractivity contribution is 5.97. The number of carbonyl (C=O) groups is 1. The van der Waals surface area contributed by atoms with E-state index in [1.807, 2.05) is 24.0 Å². The van der Waals surface area contributed by atoms with Crippen molar-refractivity contribution in [2.75, 3.05) is 16.8 Å². The van der Waals surface area contributed by atoms with Gasteiger partial charge >= 0.3 is 0 Å². The molecule has 132 valence electrons. The summed E-state index contributed by atoms with van der Waals surface area (Å²) in [4.78, 5) is 14.5. The van der Waals surface area contributed by atoms with Crippen LogP contribution in [0.5, 0.6) is 0 Å². The molecule has 2 aromatic rings. The zero-order valence-corrected chi connectivity index (χ0v) is 14.1. The van der Waals surface area contributed by atoms with Crippen molar-refractivity contribution >= 4 is 17.3 Å². The van der Waals surface area contributed by atoms with Gasteiger partial charge in [-0.2, -0.15) is 0 Å². The second kappa shape index (κ2) is 6.78. The molecular weight excluding hydrogens is 329 g/mol. The quantitative estimate of drug-likeness (QED) is 0.844. The Bertz CT molecular complexity index is 823. The van der Waals surface area contributed by atoms with Crippen LogP contribution < -0.4 is 10.2 Å². The van der Waals surface area contributed by atoms with Crippen molar-refractivity contribution in [2.24, 2.45) is 0 Å². The minimum atomic E-state index is -1.59. The number of benzene rings is 2. The Labute approximate surface area is 144 Å². The van der Waals surface area contributed by atoms with E-state index in [9.17, 15) is 18.0 Å². The van der Waals surface area contributed by atoms with Gasteiger partial charge in [0.1, 0.15) is 6.04 Å². The minimum absolute atomic E-state index is 0.364. The van der Waals surface area contributed by atoms with E-state index < -0.39 is 29.4 Å². The lowest BCUT2D eigenvalue weighted by molar-refractivity contribution is -0.117. The summed E-state index contributed by atoms with van der Waals surface area (Å²) >= 11 is 0. The summed E-state index contributed by atoms with van der Waals surface area (Å²) in [6.45, 7) is 4.42. The van der Waals surface area contributed by atoms with E-state index >= 15 is 0 Å². The van der Waals surface area contributed by atoms with Gasteiger partial charge in [0.15, 0.2) is 17.5 Å². The summed E-state index contributed by atoms with van der Waals surface area (Å²) in [6, 6.07) is 7.29. The van der Waals surface area contributed by atoms with Gasteiger partial charge < -0.3 is 10.2 Å². The van der Waals surface area contributed by atoms with Crippen molar-refractivity contribution in [3.05, 3.63) is 58.9 Å². The SMILES string of the molecule is Cc1ccc2c(c1)CCCN2[C@H](C)C(=O)Nc1ccc(F)c(F)c1F. The van der Waals surface area contributed by atoms with Crippen LogP contribution in [-0.2, 0) is 11.2 Å². The number of rotatable bonds is 3. The molecule has 0 saturated heterocycles. The third kappa shape index (κ3) is 3.34. The van der Waals surface area contributed by atoms with Crippen LogP contribution in [0.15, 0.2) is 30.3 Å². The maximum absolute atomic E-state index is 13.8. The Balaban J connectivity index is 1.81. The smallest absolute Gasteiger partial charge is 0.246 e. The lowest BCUT2D eigenvalue weighted by Gasteiger charge is -2.35. The van der Waals surface area contributed by atoms with Gasteiger partial charge in [-0.05, 0) is 50.5 Å². The van der Waals surface area contributed by atoms with Gasteiger partial charge in [0.05, 0.1) is 5.69 Å². The maximum Gasteiger partial charge on any atom is 0.246 e. The number of halogens is 3. The molecular formula is C19H19F3N2O. The van der Waals surface area contributed by atoms with Crippen LogP contribution in [0.25, 0.3) is 0 Å². The molecule has 0 aliphatic carbocycles. The van der Waals surface area contributed by atoms with Gasteiger partial charge in [-0.1, -0.05) is 17.7 Å². The molecule has 0 bridgehead atoms. The maximum atomic E-state index is 13.8. The predicted octanol–water partition coefficient (Wildman–Crippen LogP) is 4.19. The number of nitrogens with one attached hydrogen (secondary N) is 1. The third-order valence-electron chi connectivity index (χ3n) is 4.53. The molecule has 0 unspecified atom stereocenters. The van der Waals surface area contributed by atoms with Gasteiger partial charge in [-0.15, -0.1) is 0 Å². The van der Waals surface area contributed by atoms with Gasteiger partial charge in [-0.3, -0.25) is 4.79 Å². The van der Waals surface area contributed by atoms with E-state index in [-0.39, 0.29) is 5.69 Å². The number of hydrogen-bond acceptors (Lipinski definition) is 2. The molecule has 25 heavy (non-hydrogen) atoms. The molecule has 0 aromatic heterocycles. The Kier molecular flexibility index (Phi) is 4.70. The van der Waals surface area contributed by atoms with E-state index in [1.54, 1.807) is 6.92 Å². The largest absolute Gasteiger partial charge is 0.360 e. The third-order valence-corrected chi connectivity index (χ3v) is 4.53. The summed E-state index contributed by atoms with van der Waals surface area (Å²) in [7, 11) is 0. The lowest BCUT2D eigenvalue weighted by Crippen LogP contribution is -2.44. The molecule has 3 nitrogen and oxygen atoms in total. The predicted molar refractivity (Wildman–Crippen MR) is 91.3 cm³/mol. The molecule has 2 aromatic carbocycles. The summed E-state index contributed by atoms with van der Waals surface area (Å²) < 4.78 is 40.1. The van der Waals surface area contributed by atoms with Crippen LogP contribution in [0.3, 0.4) is 0 Å². The fraction of sp³-hybridized carbons (Fsp3) is 0.316. The average Bonchev–Trinajstić information content (AvgIpc) is 2.60. The lowest BCUT2D eigenvalue weighted by atomic mass is 9.98. The highest BCUT2D eigenvalue weighted by atomic mass is 19.2. The summed E-state index contributed by atoms with van der Waals surface area (Å²) in [5.74, 6) is -4.75. The molecule has 1 aliphatic heterocycles. The highest BCUT2D eigenvalue weighted by Crippen LogP contribution is 2.30. The van der Waals surface area contributed by atoms with Gasteiger partial charge in [0.25, 0.3) is 0 Å². The number of nitrogens with zero attached hydrogens (tertiary/aromatic N) is 1.